The summed E-state index contributed by atoms with van der Waals surface area (Å²) in [5, 5.41) is 4.34. The smallest absolute Gasteiger partial charge is 0.162 e. The standard InChI is InChI=1S/C22H19N3O2/c1-26-17-12-16(13-18(14-17)27-2)23-22-19-10-6-7-11-20(19)24-21(25-22)15-8-4-3-5-9-15/h3-14H,1-2H3,(H,23,24,25). The van der Waals surface area contributed by atoms with Gasteiger partial charge in [-0.1, -0.05) is 42.5 Å². The average molecular weight is 357 g/mol. The van der Waals surface area contributed by atoms with Crippen LogP contribution in [0.2, 0.25) is 0 Å². The number of anilines is 2. The Bertz CT molecular complexity index is 1060. The number of aromatic nitrogens is 2. The highest BCUT2D eigenvalue weighted by molar-refractivity contribution is 5.92. The van der Waals surface area contributed by atoms with E-state index in [4.69, 9.17) is 19.4 Å². The van der Waals surface area contributed by atoms with Crippen molar-refractivity contribution >= 4 is 22.4 Å². The van der Waals surface area contributed by atoms with Crippen molar-refractivity contribution in [2.45, 2.75) is 0 Å². The molecule has 0 saturated heterocycles. The van der Waals surface area contributed by atoms with Gasteiger partial charge in [0.05, 0.1) is 19.7 Å². The largest absolute Gasteiger partial charge is 0.497 e. The van der Waals surface area contributed by atoms with Gasteiger partial charge in [-0.15, -0.1) is 0 Å². The van der Waals surface area contributed by atoms with Crippen molar-refractivity contribution in [3.8, 4) is 22.9 Å². The molecule has 3 aromatic carbocycles. The first-order valence-corrected chi connectivity index (χ1v) is 8.59. The molecule has 0 spiro atoms. The summed E-state index contributed by atoms with van der Waals surface area (Å²) in [6.07, 6.45) is 0. The van der Waals surface area contributed by atoms with Crippen LogP contribution in [-0.4, -0.2) is 24.2 Å². The Kier molecular flexibility index (Phi) is 4.58. The number of rotatable bonds is 5. The molecule has 5 heteroatoms. The zero-order valence-electron chi connectivity index (χ0n) is 15.1. The molecule has 0 unspecified atom stereocenters. The summed E-state index contributed by atoms with van der Waals surface area (Å²) >= 11 is 0. The van der Waals surface area contributed by atoms with Gasteiger partial charge in [-0.05, 0) is 12.1 Å². The van der Waals surface area contributed by atoms with Crippen LogP contribution in [0, 0.1) is 0 Å². The van der Waals surface area contributed by atoms with Gasteiger partial charge in [-0.3, -0.25) is 0 Å². The van der Waals surface area contributed by atoms with Crippen LogP contribution in [0.1, 0.15) is 0 Å². The second-order valence-electron chi connectivity index (χ2n) is 6.01. The zero-order chi connectivity index (χ0) is 18.6. The molecule has 0 atom stereocenters. The summed E-state index contributed by atoms with van der Waals surface area (Å²) in [5.74, 6) is 2.82. The second-order valence-corrected chi connectivity index (χ2v) is 6.01. The molecule has 134 valence electrons. The van der Waals surface area contributed by atoms with E-state index in [1.165, 1.54) is 0 Å². The summed E-state index contributed by atoms with van der Waals surface area (Å²) in [6.45, 7) is 0. The van der Waals surface area contributed by atoms with E-state index < -0.39 is 0 Å². The van der Waals surface area contributed by atoms with E-state index in [0.29, 0.717) is 17.3 Å². The Morgan fingerprint density at radius 1 is 0.741 bits per heavy atom. The van der Waals surface area contributed by atoms with Crippen LogP contribution in [-0.2, 0) is 0 Å². The van der Waals surface area contributed by atoms with Crippen LogP contribution in [0.3, 0.4) is 0 Å². The van der Waals surface area contributed by atoms with Crippen LogP contribution in [0.4, 0.5) is 11.5 Å². The van der Waals surface area contributed by atoms with Crippen molar-refractivity contribution in [3.05, 3.63) is 72.8 Å². The maximum atomic E-state index is 5.36. The number of fused-ring (bicyclic) bond motifs is 1. The molecule has 0 fully saturated rings. The normalized spacial score (nSPS) is 10.6. The molecular formula is C22H19N3O2. The van der Waals surface area contributed by atoms with Gasteiger partial charge in [-0.25, -0.2) is 9.97 Å². The van der Waals surface area contributed by atoms with Crippen LogP contribution in [0.5, 0.6) is 11.5 Å². The number of para-hydroxylation sites is 1. The minimum Gasteiger partial charge on any atom is -0.497 e. The fourth-order valence-electron chi connectivity index (χ4n) is 2.90. The fraction of sp³-hybridized carbons (Fsp3) is 0.0909. The number of benzene rings is 3. The van der Waals surface area contributed by atoms with Crippen LogP contribution in [0.25, 0.3) is 22.3 Å². The number of ether oxygens (including phenoxy) is 2. The Labute approximate surface area is 157 Å². The molecule has 27 heavy (non-hydrogen) atoms. The van der Waals surface area contributed by atoms with E-state index in [-0.39, 0.29) is 0 Å². The van der Waals surface area contributed by atoms with Crippen molar-refractivity contribution in [3.63, 3.8) is 0 Å². The van der Waals surface area contributed by atoms with Crippen LogP contribution in [0.15, 0.2) is 72.8 Å². The lowest BCUT2D eigenvalue weighted by molar-refractivity contribution is 0.395. The number of methoxy groups -OCH3 is 2. The molecule has 1 heterocycles. The highest BCUT2D eigenvalue weighted by Gasteiger charge is 2.10. The molecule has 0 aliphatic carbocycles. The fourth-order valence-corrected chi connectivity index (χ4v) is 2.90. The van der Waals surface area contributed by atoms with Crippen molar-refractivity contribution in [1.82, 2.24) is 9.97 Å². The second kappa shape index (κ2) is 7.33. The summed E-state index contributed by atoms with van der Waals surface area (Å²) in [6, 6.07) is 23.5. The topological polar surface area (TPSA) is 56.3 Å². The molecule has 5 nitrogen and oxygen atoms in total. The lowest BCUT2D eigenvalue weighted by atomic mass is 10.2. The summed E-state index contributed by atoms with van der Waals surface area (Å²) in [4.78, 5) is 9.49. The predicted octanol–water partition coefficient (Wildman–Crippen LogP) is 5.06. The summed E-state index contributed by atoms with van der Waals surface area (Å²) in [5.41, 5.74) is 2.67. The molecule has 0 bridgehead atoms. The molecule has 0 radical (unpaired) electrons. The zero-order valence-corrected chi connectivity index (χ0v) is 15.1. The third kappa shape index (κ3) is 3.53. The molecule has 1 N–H and O–H groups in total. The van der Waals surface area contributed by atoms with Gasteiger partial charge >= 0.3 is 0 Å². The first kappa shape index (κ1) is 16.8. The van der Waals surface area contributed by atoms with Crippen LogP contribution < -0.4 is 14.8 Å². The monoisotopic (exact) mass is 357 g/mol. The van der Waals surface area contributed by atoms with E-state index >= 15 is 0 Å². The first-order chi connectivity index (χ1) is 13.3. The summed E-state index contributed by atoms with van der Waals surface area (Å²) in [7, 11) is 3.26. The quantitative estimate of drug-likeness (QED) is 0.541. The average Bonchev–Trinajstić information content (AvgIpc) is 2.74. The van der Waals surface area contributed by atoms with Crippen molar-refractivity contribution < 1.29 is 9.47 Å². The van der Waals surface area contributed by atoms with E-state index in [0.717, 1.165) is 28.0 Å². The van der Waals surface area contributed by atoms with Gasteiger partial charge in [0.2, 0.25) is 0 Å². The lowest BCUT2D eigenvalue weighted by Gasteiger charge is -2.13. The highest BCUT2D eigenvalue weighted by Crippen LogP contribution is 2.31. The maximum absolute atomic E-state index is 5.36. The Morgan fingerprint density at radius 2 is 1.41 bits per heavy atom. The molecular weight excluding hydrogens is 338 g/mol. The third-order valence-electron chi connectivity index (χ3n) is 4.25. The van der Waals surface area contributed by atoms with Crippen molar-refractivity contribution in [2.75, 3.05) is 19.5 Å². The Morgan fingerprint density at radius 3 is 2.11 bits per heavy atom. The van der Waals surface area contributed by atoms with E-state index in [9.17, 15) is 0 Å². The number of nitrogens with one attached hydrogen (secondary N) is 1. The Balaban J connectivity index is 1.83. The molecule has 4 aromatic rings. The van der Waals surface area contributed by atoms with E-state index in [1.807, 2.05) is 72.8 Å². The van der Waals surface area contributed by atoms with Gasteiger partial charge < -0.3 is 14.8 Å². The first-order valence-electron chi connectivity index (χ1n) is 8.59. The molecule has 4 rings (SSSR count). The highest BCUT2D eigenvalue weighted by atomic mass is 16.5. The summed E-state index contributed by atoms with van der Waals surface area (Å²) < 4.78 is 10.7. The maximum Gasteiger partial charge on any atom is 0.162 e. The predicted molar refractivity (Wildman–Crippen MR) is 108 cm³/mol. The number of hydrogen-bond donors (Lipinski definition) is 1. The SMILES string of the molecule is COc1cc(Nc2nc(-c3ccccc3)nc3ccccc23)cc(OC)c1. The van der Waals surface area contributed by atoms with E-state index in [2.05, 4.69) is 5.32 Å². The van der Waals surface area contributed by atoms with Gasteiger partial charge in [-0.2, -0.15) is 0 Å². The number of hydrogen-bond acceptors (Lipinski definition) is 5. The molecule has 0 aliphatic heterocycles. The van der Waals surface area contributed by atoms with Gasteiger partial charge in [0.25, 0.3) is 0 Å². The molecule has 0 amide bonds. The third-order valence-corrected chi connectivity index (χ3v) is 4.25. The Hall–Kier alpha value is -3.60. The molecule has 1 aromatic heterocycles. The minimum atomic E-state index is 0.673. The van der Waals surface area contributed by atoms with Crippen molar-refractivity contribution in [1.29, 1.82) is 0 Å². The van der Waals surface area contributed by atoms with Gasteiger partial charge in [0, 0.05) is 34.8 Å². The lowest BCUT2D eigenvalue weighted by Crippen LogP contribution is -2.00. The van der Waals surface area contributed by atoms with Crippen LogP contribution >= 0.6 is 0 Å². The molecule has 0 saturated carbocycles. The molecule has 0 aliphatic rings. The van der Waals surface area contributed by atoms with Gasteiger partial charge in [0.15, 0.2) is 5.82 Å². The minimum absolute atomic E-state index is 0.673. The number of nitrogens with zero attached hydrogens (tertiary/aromatic N) is 2. The van der Waals surface area contributed by atoms with Crippen molar-refractivity contribution in [2.24, 2.45) is 0 Å². The van der Waals surface area contributed by atoms with Gasteiger partial charge in [0.1, 0.15) is 17.3 Å². The van der Waals surface area contributed by atoms with E-state index in [1.54, 1.807) is 14.2 Å².